The highest BCUT2D eigenvalue weighted by molar-refractivity contribution is 8.68. The van der Waals surface area contributed by atoms with Crippen molar-refractivity contribution in [2.24, 2.45) is 0 Å². The molecule has 0 saturated carbocycles. The Balaban J connectivity index is 3.23. The van der Waals surface area contributed by atoms with E-state index in [1.165, 1.54) is 0 Å². The predicted molar refractivity (Wildman–Crippen MR) is 56.8 cm³/mol. The van der Waals surface area contributed by atoms with Crippen LogP contribution in [0.5, 0.6) is 0 Å². The molecule has 0 amide bonds. The van der Waals surface area contributed by atoms with E-state index in [4.69, 9.17) is 5.11 Å². The molecule has 2 nitrogen and oxygen atoms in total. The first-order valence-electron chi connectivity index (χ1n) is 4.22. The van der Waals surface area contributed by atoms with Gasteiger partial charge in [0.25, 0.3) is 0 Å². The first-order valence-corrected chi connectivity index (χ1v) is 6.16. The van der Waals surface area contributed by atoms with Crippen molar-refractivity contribution < 1.29 is 9.90 Å². The lowest BCUT2D eigenvalue weighted by molar-refractivity contribution is -0.137. The summed E-state index contributed by atoms with van der Waals surface area (Å²) in [5, 5.41) is 8.96. The van der Waals surface area contributed by atoms with Gasteiger partial charge in [0.05, 0.1) is 0 Å². The molecule has 4 heteroatoms. The maximum Gasteiger partial charge on any atom is 0.303 e. The molecular formula is C8H16O2S2. The third-order valence-electron chi connectivity index (χ3n) is 1.77. The molecule has 0 aliphatic carbocycles. The number of carbonyl (C=O) groups is 1. The van der Waals surface area contributed by atoms with Gasteiger partial charge in [-0.05, 0) is 19.3 Å². The van der Waals surface area contributed by atoms with E-state index in [1.54, 1.807) is 10.8 Å². The smallest absolute Gasteiger partial charge is 0.303 e. The number of unbranched alkanes of at least 4 members (excludes halogenated alkanes) is 1. The molecule has 0 aromatic rings. The van der Waals surface area contributed by atoms with Crippen LogP contribution < -0.4 is 0 Å². The zero-order valence-electron chi connectivity index (χ0n) is 7.32. The van der Waals surface area contributed by atoms with E-state index >= 15 is 0 Å². The summed E-state index contributed by atoms with van der Waals surface area (Å²) < 4.78 is 0. The van der Waals surface area contributed by atoms with Crippen LogP contribution in [0.15, 0.2) is 0 Å². The van der Waals surface area contributed by atoms with Gasteiger partial charge in [-0.3, -0.25) is 4.79 Å². The van der Waals surface area contributed by atoms with Crippen LogP contribution in [0.2, 0.25) is 0 Å². The molecule has 1 atom stereocenters. The average molecular weight is 208 g/mol. The number of aliphatic carboxylic acids is 1. The van der Waals surface area contributed by atoms with Crippen LogP contribution in [0, 0.1) is 0 Å². The van der Waals surface area contributed by atoms with Crippen LogP contribution in [0.3, 0.4) is 0 Å². The molecule has 0 radical (unpaired) electrons. The number of thiol groups is 1. The number of carboxylic acid groups (broad SMARTS) is 1. The minimum atomic E-state index is -0.693. The topological polar surface area (TPSA) is 37.3 Å². The van der Waals surface area contributed by atoms with Crippen molar-refractivity contribution in [3.05, 3.63) is 0 Å². The lowest BCUT2D eigenvalue weighted by Crippen LogP contribution is -1.99. The fraction of sp³-hybridized carbons (Fsp3) is 0.875. The van der Waals surface area contributed by atoms with Crippen LogP contribution in [0.1, 0.15) is 39.0 Å². The summed E-state index contributed by atoms with van der Waals surface area (Å²) in [6.45, 7) is 2.13. The standard InChI is InChI=1S/C8H16O2S2/c1-2-7(12-11)5-3-4-6-8(9)10/h7,11H,2-6H2,1H3,(H,9,10). The largest absolute Gasteiger partial charge is 0.481 e. The van der Waals surface area contributed by atoms with E-state index in [1.807, 2.05) is 0 Å². The zero-order chi connectivity index (χ0) is 9.40. The van der Waals surface area contributed by atoms with Crippen molar-refractivity contribution in [2.75, 3.05) is 0 Å². The Hall–Kier alpha value is 0.170. The van der Waals surface area contributed by atoms with E-state index in [9.17, 15) is 4.79 Å². The minimum absolute atomic E-state index is 0.299. The first-order chi connectivity index (χ1) is 5.70. The Labute approximate surface area is 82.9 Å². The molecule has 0 aromatic heterocycles. The van der Waals surface area contributed by atoms with Crippen molar-refractivity contribution >= 4 is 28.4 Å². The van der Waals surface area contributed by atoms with Gasteiger partial charge in [-0.1, -0.05) is 24.1 Å². The minimum Gasteiger partial charge on any atom is -0.481 e. The van der Waals surface area contributed by atoms with Crippen molar-refractivity contribution in [1.29, 1.82) is 0 Å². The summed E-state index contributed by atoms with van der Waals surface area (Å²) in [6, 6.07) is 0. The average Bonchev–Trinajstić information content (AvgIpc) is 2.04. The molecular weight excluding hydrogens is 192 g/mol. The quantitative estimate of drug-likeness (QED) is 0.384. The van der Waals surface area contributed by atoms with Gasteiger partial charge in [-0.15, -0.1) is 11.7 Å². The Morgan fingerprint density at radius 1 is 1.58 bits per heavy atom. The highest BCUT2D eigenvalue weighted by Crippen LogP contribution is 2.23. The van der Waals surface area contributed by atoms with Crippen LogP contribution >= 0.6 is 22.5 Å². The summed E-state index contributed by atoms with van der Waals surface area (Å²) in [5.41, 5.74) is 0. The summed E-state index contributed by atoms with van der Waals surface area (Å²) >= 11 is 4.14. The van der Waals surface area contributed by atoms with E-state index < -0.39 is 5.97 Å². The molecule has 0 rings (SSSR count). The van der Waals surface area contributed by atoms with Gasteiger partial charge in [-0.25, -0.2) is 0 Å². The highest BCUT2D eigenvalue weighted by atomic mass is 33.1. The van der Waals surface area contributed by atoms with Crippen LogP contribution in [0.25, 0.3) is 0 Å². The molecule has 1 unspecified atom stereocenters. The molecule has 0 fully saturated rings. The fourth-order valence-corrected chi connectivity index (χ4v) is 2.16. The van der Waals surface area contributed by atoms with Gasteiger partial charge >= 0.3 is 5.97 Å². The normalized spacial score (nSPS) is 12.8. The Bertz CT molecular complexity index is 124. The highest BCUT2D eigenvalue weighted by Gasteiger charge is 2.04. The van der Waals surface area contributed by atoms with Gasteiger partial charge in [-0.2, -0.15) is 0 Å². The maximum absolute atomic E-state index is 10.2. The third-order valence-corrected chi connectivity index (χ3v) is 3.53. The Kier molecular flexibility index (Phi) is 7.91. The summed E-state index contributed by atoms with van der Waals surface area (Å²) in [6.07, 6.45) is 4.28. The molecule has 12 heavy (non-hydrogen) atoms. The second-order valence-corrected chi connectivity index (χ2v) is 4.29. The lowest BCUT2D eigenvalue weighted by Gasteiger charge is -2.09. The van der Waals surface area contributed by atoms with Gasteiger partial charge in [0.2, 0.25) is 0 Å². The van der Waals surface area contributed by atoms with E-state index in [2.05, 4.69) is 18.6 Å². The molecule has 0 aliphatic rings. The second kappa shape index (κ2) is 7.80. The number of carboxylic acids is 1. The van der Waals surface area contributed by atoms with Crippen LogP contribution in [0.4, 0.5) is 0 Å². The second-order valence-electron chi connectivity index (χ2n) is 2.78. The van der Waals surface area contributed by atoms with Gasteiger partial charge in [0, 0.05) is 11.7 Å². The molecule has 0 saturated heterocycles. The Morgan fingerprint density at radius 3 is 2.67 bits per heavy atom. The van der Waals surface area contributed by atoms with E-state index in [0.29, 0.717) is 11.7 Å². The van der Waals surface area contributed by atoms with Crippen molar-refractivity contribution in [2.45, 2.75) is 44.3 Å². The molecule has 0 aromatic carbocycles. The molecule has 1 N–H and O–H groups in total. The molecule has 0 bridgehead atoms. The van der Waals surface area contributed by atoms with Crippen LogP contribution in [-0.4, -0.2) is 16.3 Å². The van der Waals surface area contributed by atoms with Gasteiger partial charge in [0.15, 0.2) is 0 Å². The third kappa shape index (κ3) is 6.85. The van der Waals surface area contributed by atoms with Gasteiger partial charge in [0.1, 0.15) is 0 Å². The van der Waals surface area contributed by atoms with E-state index in [-0.39, 0.29) is 0 Å². The molecule has 72 valence electrons. The number of hydrogen-bond acceptors (Lipinski definition) is 3. The summed E-state index contributed by atoms with van der Waals surface area (Å²) in [4.78, 5) is 10.2. The Morgan fingerprint density at radius 2 is 2.25 bits per heavy atom. The zero-order valence-corrected chi connectivity index (χ0v) is 9.03. The lowest BCUT2D eigenvalue weighted by atomic mass is 10.1. The summed E-state index contributed by atoms with van der Waals surface area (Å²) in [5.74, 6) is -0.693. The van der Waals surface area contributed by atoms with Crippen molar-refractivity contribution in [3.8, 4) is 0 Å². The predicted octanol–water partition coefficient (Wildman–Crippen LogP) is 2.99. The molecule has 0 heterocycles. The number of rotatable bonds is 7. The monoisotopic (exact) mass is 208 g/mol. The number of hydrogen-bond donors (Lipinski definition) is 2. The summed E-state index contributed by atoms with van der Waals surface area (Å²) in [7, 11) is 1.58. The molecule has 0 spiro atoms. The van der Waals surface area contributed by atoms with Gasteiger partial charge < -0.3 is 5.11 Å². The van der Waals surface area contributed by atoms with Crippen LogP contribution in [-0.2, 0) is 4.79 Å². The SMILES string of the molecule is CCC(CCCCC(=O)O)SS. The van der Waals surface area contributed by atoms with E-state index in [0.717, 1.165) is 25.7 Å². The fourth-order valence-electron chi connectivity index (χ4n) is 0.980. The maximum atomic E-state index is 10.2. The first kappa shape index (κ1) is 12.2. The van der Waals surface area contributed by atoms with Crippen molar-refractivity contribution in [3.63, 3.8) is 0 Å². The van der Waals surface area contributed by atoms with Crippen molar-refractivity contribution in [1.82, 2.24) is 0 Å². The molecule has 0 aliphatic heterocycles.